The average molecular weight is 825 g/mol. The zero-order valence-corrected chi connectivity index (χ0v) is 37.1. The lowest BCUT2D eigenvalue weighted by Crippen LogP contribution is -2.42. The van der Waals surface area contributed by atoms with Crippen molar-refractivity contribution in [2.24, 2.45) is 17.3 Å². The SMILES string of the molecule is CCCCCCSCCC(=O)OCC(COC(=O)CCSCCCCCC)(CC(CSCCCCCC)C(=O)O)CC(CSCCCCCC)C(=O)O. The van der Waals surface area contributed by atoms with E-state index in [0.29, 0.717) is 23.0 Å². The summed E-state index contributed by atoms with van der Waals surface area (Å²) in [6, 6.07) is 0. The predicted molar refractivity (Wildman–Crippen MR) is 231 cm³/mol. The molecule has 53 heavy (non-hydrogen) atoms. The van der Waals surface area contributed by atoms with Gasteiger partial charge in [0.2, 0.25) is 0 Å². The average Bonchev–Trinajstić information content (AvgIpc) is 3.13. The van der Waals surface area contributed by atoms with Gasteiger partial charge in [-0.1, -0.05) is 105 Å². The molecular formula is C41H76O8S4. The van der Waals surface area contributed by atoms with Crippen LogP contribution in [0.1, 0.15) is 156 Å². The maximum absolute atomic E-state index is 13.1. The van der Waals surface area contributed by atoms with Gasteiger partial charge in [0.25, 0.3) is 0 Å². The Kier molecular flexibility index (Phi) is 36.4. The van der Waals surface area contributed by atoms with E-state index in [1.165, 1.54) is 38.5 Å². The van der Waals surface area contributed by atoms with Gasteiger partial charge in [-0.2, -0.15) is 47.0 Å². The van der Waals surface area contributed by atoms with Crippen LogP contribution in [0.5, 0.6) is 0 Å². The van der Waals surface area contributed by atoms with E-state index in [4.69, 9.17) is 9.47 Å². The van der Waals surface area contributed by atoms with Gasteiger partial charge in [-0.25, -0.2) is 0 Å². The highest BCUT2D eigenvalue weighted by Crippen LogP contribution is 2.38. The molecule has 0 aromatic rings. The first-order chi connectivity index (χ1) is 25.6. The minimum Gasteiger partial charge on any atom is -0.481 e. The molecule has 12 heteroatoms. The van der Waals surface area contributed by atoms with Gasteiger partial charge in [0.15, 0.2) is 0 Å². The molecule has 0 aromatic heterocycles. The van der Waals surface area contributed by atoms with Gasteiger partial charge in [0.1, 0.15) is 13.2 Å². The number of aliphatic carboxylic acids is 2. The molecule has 0 bridgehead atoms. The quantitative estimate of drug-likeness (QED) is 0.0451. The third-order valence-corrected chi connectivity index (χ3v) is 13.8. The number of esters is 2. The molecule has 8 nitrogen and oxygen atoms in total. The van der Waals surface area contributed by atoms with E-state index in [0.717, 1.165) is 87.2 Å². The Hall–Kier alpha value is -0.720. The van der Waals surface area contributed by atoms with E-state index in [-0.39, 0.29) is 38.9 Å². The van der Waals surface area contributed by atoms with Crippen LogP contribution in [0.3, 0.4) is 0 Å². The molecule has 0 radical (unpaired) electrons. The van der Waals surface area contributed by atoms with E-state index in [1.54, 1.807) is 47.0 Å². The lowest BCUT2D eigenvalue weighted by molar-refractivity contribution is -0.157. The van der Waals surface area contributed by atoms with Crippen LogP contribution in [0.15, 0.2) is 0 Å². The second-order valence-corrected chi connectivity index (χ2v) is 19.2. The molecule has 0 saturated heterocycles. The molecule has 312 valence electrons. The zero-order valence-electron chi connectivity index (χ0n) is 33.8. The van der Waals surface area contributed by atoms with Crippen LogP contribution in [0.2, 0.25) is 0 Å². The maximum Gasteiger partial charge on any atom is 0.307 e. The third kappa shape index (κ3) is 31.1. The second kappa shape index (κ2) is 36.9. The zero-order chi connectivity index (χ0) is 39.4. The van der Waals surface area contributed by atoms with Gasteiger partial charge < -0.3 is 19.7 Å². The van der Waals surface area contributed by atoms with E-state index >= 15 is 0 Å². The molecule has 0 aliphatic heterocycles. The van der Waals surface area contributed by atoms with Crippen LogP contribution in [0.4, 0.5) is 0 Å². The summed E-state index contributed by atoms with van der Waals surface area (Å²) in [6.45, 7) is 8.31. The van der Waals surface area contributed by atoms with Crippen molar-refractivity contribution in [3.8, 4) is 0 Å². The van der Waals surface area contributed by atoms with Crippen molar-refractivity contribution in [2.75, 3.05) is 59.2 Å². The number of carbonyl (C=O) groups excluding carboxylic acids is 2. The lowest BCUT2D eigenvalue weighted by Gasteiger charge is -2.36. The Balaban J connectivity index is 6.04. The molecule has 0 aromatic carbocycles. The highest BCUT2D eigenvalue weighted by Gasteiger charge is 2.42. The van der Waals surface area contributed by atoms with Crippen molar-refractivity contribution < 1.29 is 38.9 Å². The molecule has 0 fully saturated rings. The van der Waals surface area contributed by atoms with Crippen molar-refractivity contribution in [2.45, 2.75) is 156 Å². The molecule has 0 aliphatic carbocycles. The normalized spacial score (nSPS) is 12.8. The topological polar surface area (TPSA) is 127 Å². The van der Waals surface area contributed by atoms with Crippen molar-refractivity contribution in [1.82, 2.24) is 0 Å². The van der Waals surface area contributed by atoms with Crippen LogP contribution in [0.25, 0.3) is 0 Å². The monoisotopic (exact) mass is 824 g/mol. The minimum absolute atomic E-state index is 0.0636. The number of carboxylic acids is 2. The number of carbonyl (C=O) groups is 4. The maximum atomic E-state index is 13.1. The van der Waals surface area contributed by atoms with Crippen molar-refractivity contribution in [3.05, 3.63) is 0 Å². The van der Waals surface area contributed by atoms with Crippen LogP contribution >= 0.6 is 47.0 Å². The fourth-order valence-electron chi connectivity index (χ4n) is 5.94. The summed E-state index contributed by atoms with van der Waals surface area (Å²) in [5.41, 5.74) is -1.15. The Morgan fingerprint density at radius 3 is 1.09 bits per heavy atom. The fraction of sp³-hybridized carbons (Fsp3) is 0.902. The number of hydrogen-bond donors (Lipinski definition) is 2. The molecule has 0 saturated carbocycles. The van der Waals surface area contributed by atoms with E-state index < -0.39 is 41.1 Å². The highest BCUT2D eigenvalue weighted by atomic mass is 32.2. The van der Waals surface area contributed by atoms with Crippen LogP contribution in [-0.4, -0.2) is 93.3 Å². The third-order valence-electron chi connectivity index (χ3n) is 9.24. The summed E-state index contributed by atoms with van der Waals surface area (Å²) in [7, 11) is 0. The first-order valence-electron chi connectivity index (χ1n) is 20.7. The summed E-state index contributed by atoms with van der Waals surface area (Å²) in [4.78, 5) is 51.6. The van der Waals surface area contributed by atoms with E-state index in [2.05, 4.69) is 27.7 Å². The van der Waals surface area contributed by atoms with Crippen LogP contribution in [0, 0.1) is 17.3 Å². The molecular weight excluding hydrogens is 749 g/mol. The Morgan fingerprint density at radius 2 is 0.792 bits per heavy atom. The minimum atomic E-state index is -1.15. The first kappa shape index (κ1) is 52.3. The molecule has 2 N–H and O–H groups in total. The van der Waals surface area contributed by atoms with Crippen LogP contribution < -0.4 is 0 Å². The molecule has 0 rings (SSSR count). The van der Waals surface area contributed by atoms with Gasteiger partial charge in [-0.3, -0.25) is 19.2 Å². The predicted octanol–water partition coefficient (Wildman–Crippen LogP) is 11.3. The van der Waals surface area contributed by atoms with Gasteiger partial charge in [-0.05, 0) is 61.5 Å². The Morgan fingerprint density at radius 1 is 0.472 bits per heavy atom. The number of rotatable bonds is 40. The van der Waals surface area contributed by atoms with E-state index in [1.807, 2.05) is 0 Å². The van der Waals surface area contributed by atoms with Gasteiger partial charge in [-0.15, -0.1) is 0 Å². The summed E-state index contributed by atoms with van der Waals surface area (Å²) in [5, 5.41) is 20.8. The second-order valence-electron chi connectivity index (χ2n) is 14.4. The first-order valence-corrected chi connectivity index (χ1v) is 25.3. The lowest BCUT2D eigenvalue weighted by atomic mass is 9.74. The molecule has 0 aliphatic rings. The van der Waals surface area contributed by atoms with Gasteiger partial charge >= 0.3 is 23.9 Å². The largest absolute Gasteiger partial charge is 0.481 e. The summed E-state index contributed by atoms with van der Waals surface area (Å²) >= 11 is 6.64. The number of carboxylic acid groups (broad SMARTS) is 2. The van der Waals surface area contributed by atoms with Gasteiger partial charge in [0.05, 0.1) is 24.7 Å². The number of unbranched alkanes of at least 4 members (excludes halogenated alkanes) is 12. The highest BCUT2D eigenvalue weighted by molar-refractivity contribution is 7.99. The fourth-order valence-corrected chi connectivity index (χ4v) is 10.0. The summed E-state index contributed by atoms with van der Waals surface area (Å²) in [5.74, 6) is 1.29. The molecule has 2 atom stereocenters. The van der Waals surface area contributed by atoms with Crippen molar-refractivity contribution in [3.63, 3.8) is 0 Å². The summed E-state index contributed by atoms with van der Waals surface area (Å²) in [6.07, 6.45) is 18.6. The smallest absolute Gasteiger partial charge is 0.307 e. The molecule has 0 spiro atoms. The number of thioether (sulfide) groups is 4. The summed E-state index contributed by atoms with van der Waals surface area (Å²) < 4.78 is 11.8. The van der Waals surface area contributed by atoms with Crippen LogP contribution in [-0.2, 0) is 28.7 Å². The molecule has 0 heterocycles. The van der Waals surface area contributed by atoms with Crippen molar-refractivity contribution in [1.29, 1.82) is 0 Å². The van der Waals surface area contributed by atoms with E-state index in [9.17, 15) is 29.4 Å². The Bertz CT molecular complexity index is 850. The number of hydrogen-bond acceptors (Lipinski definition) is 10. The number of ether oxygens (including phenoxy) is 2. The molecule has 0 amide bonds. The molecule has 2 unspecified atom stereocenters. The standard InChI is InChI=1S/C41H76O8S4/c1-5-9-13-17-23-50-27-21-37(42)48-33-41(29-35(39(44)45)31-52-25-19-15-11-7-3,30-36(40(46)47)32-53-26-20-16-12-8-4)34-49-38(43)22-28-51-24-18-14-10-6-2/h35-36H,5-34H2,1-4H3,(H,44,45)(H,46,47). The van der Waals surface area contributed by atoms with Crippen molar-refractivity contribution >= 4 is 70.9 Å². The Labute approximate surface area is 340 Å². The van der Waals surface area contributed by atoms with Gasteiger partial charge in [0, 0.05) is 28.4 Å².